The molecule has 1 aromatic heterocycles. The van der Waals surface area contributed by atoms with Crippen LogP contribution in [0, 0.1) is 0 Å². The average molecular weight is 275 g/mol. The van der Waals surface area contributed by atoms with Crippen molar-refractivity contribution < 1.29 is 9.21 Å². The van der Waals surface area contributed by atoms with Gasteiger partial charge < -0.3 is 9.32 Å². The fourth-order valence-corrected chi connectivity index (χ4v) is 2.49. The summed E-state index contributed by atoms with van der Waals surface area (Å²) < 4.78 is 5.23. The van der Waals surface area contributed by atoms with Crippen LogP contribution < -0.4 is 4.90 Å². The lowest BCUT2D eigenvalue weighted by molar-refractivity contribution is 0.102. The van der Waals surface area contributed by atoms with E-state index >= 15 is 0 Å². The maximum atomic E-state index is 12.0. The molecule has 0 N–H and O–H groups in total. The Hall–Kier alpha value is -1.68. The highest BCUT2D eigenvalue weighted by Gasteiger charge is 2.07. The molecular weight excluding hydrogens is 258 g/mol. The summed E-state index contributed by atoms with van der Waals surface area (Å²) in [6, 6.07) is 11.5. The molecule has 0 aliphatic rings. The Morgan fingerprint density at radius 1 is 1.21 bits per heavy atom. The molecule has 1 heterocycles. The highest BCUT2D eigenvalue weighted by molar-refractivity contribution is 7.99. The molecule has 0 saturated heterocycles. The predicted octanol–water partition coefficient (Wildman–Crippen LogP) is 3.46. The van der Waals surface area contributed by atoms with Crippen LogP contribution in [-0.2, 0) is 5.75 Å². The van der Waals surface area contributed by atoms with Gasteiger partial charge in [0.15, 0.2) is 5.78 Å². The normalized spacial score (nSPS) is 10.4. The summed E-state index contributed by atoms with van der Waals surface area (Å²) in [6.45, 7) is 0. The minimum Gasteiger partial charge on any atom is -0.468 e. The molecule has 100 valence electrons. The third-order valence-corrected chi connectivity index (χ3v) is 3.72. The van der Waals surface area contributed by atoms with E-state index in [4.69, 9.17) is 4.42 Å². The SMILES string of the molecule is CN(C)c1ccc(C(=O)CSCc2ccco2)cc1. The molecule has 0 bridgehead atoms. The molecule has 19 heavy (non-hydrogen) atoms. The smallest absolute Gasteiger partial charge is 0.172 e. The molecule has 2 rings (SSSR count). The molecule has 0 aliphatic carbocycles. The monoisotopic (exact) mass is 275 g/mol. The zero-order chi connectivity index (χ0) is 13.7. The lowest BCUT2D eigenvalue weighted by Crippen LogP contribution is -2.09. The van der Waals surface area contributed by atoms with Gasteiger partial charge in [0.25, 0.3) is 0 Å². The van der Waals surface area contributed by atoms with Gasteiger partial charge in [-0.25, -0.2) is 0 Å². The summed E-state index contributed by atoms with van der Waals surface area (Å²) in [4.78, 5) is 14.0. The summed E-state index contributed by atoms with van der Waals surface area (Å²) in [7, 11) is 3.96. The number of carbonyl (C=O) groups is 1. The second-order valence-electron chi connectivity index (χ2n) is 4.44. The first-order chi connectivity index (χ1) is 9.16. The Bertz CT molecular complexity index is 518. The number of thioether (sulfide) groups is 1. The summed E-state index contributed by atoms with van der Waals surface area (Å²) in [5.41, 5.74) is 1.86. The molecule has 0 aliphatic heterocycles. The fourth-order valence-electron chi connectivity index (χ4n) is 1.67. The van der Waals surface area contributed by atoms with Crippen LogP contribution >= 0.6 is 11.8 Å². The van der Waals surface area contributed by atoms with Crippen LogP contribution in [0.4, 0.5) is 5.69 Å². The maximum absolute atomic E-state index is 12.0. The number of nitrogens with zero attached hydrogens (tertiary/aromatic N) is 1. The minimum absolute atomic E-state index is 0.155. The number of anilines is 1. The minimum atomic E-state index is 0.155. The third kappa shape index (κ3) is 3.89. The van der Waals surface area contributed by atoms with E-state index in [2.05, 4.69) is 0 Å². The Morgan fingerprint density at radius 2 is 1.95 bits per heavy atom. The number of benzene rings is 1. The number of ketones is 1. The number of rotatable bonds is 6. The van der Waals surface area contributed by atoms with Crippen LogP contribution in [0.2, 0.25) is 0 Å². The van der Waals surface area contributed by atoms with Crippen LogP contribution in [0.3, 0.4) is 0 Å². The summed E-state index contributed by atoms with van der Waals surface area (Å²) in [5, 5.41) is 0. The number of Topliss-reactive ketones (excluding diaryl/α,β-unsaturated/α-hetero) is 1. The van der Waals surface area contributed by atoms with Gasteiger partial charge in [0.1, 0.15) is 5.76 Å². The summed E-state index contributed by atoms with van der Waals surface area (Å²) >= 11 is 1.57. The van der Waals surface area contributed by atoms with Gasteiger partial charge in [-0.2, -0.15) is 0 Å². The van der Waals surface area contributed by atoms with Crippen molar-refractivity contribution in [2.75, 3.05) is 24.7 Å². The van der Waals surface area contributed by atoms with E-state index in [1.54, 1.807) is 18.0 Å². The Labute approximate surface area is 117 Å². The standard InChI is InChI=1S/C15H17NO2S/c1-16(2)13-7-5-12(6-8-13)15(17)11-19-10-14-4-3-9-18-14/h3-9H,10-11H2,1-2H3. The molecule has 2 aromatic rings. The van der Waals surface area contributed by atoms with Gasteiger partial charge in [0.05, 0.1) is 17.8 Å². The number of hydrogen-bond donors (Lipinski definition) is 0. The first kappa shape index (κ1) is 13.7. The van der Waals surface area contributed by atoms with Crippen molar-refractivity contribution in [3.05, 3.63) is 54.0 Å². The molecule has 4 heteroatoms. The zero-order valence-corrected chi connectivity index (χ0v) is 11.9. The van der Waals surface area contributed by atoms with Gasteiger partial charge in [-0.1, -0.05) is 0 Å². The molecule has 0 atom stereocenters. The van der Waals surface area contributed by atoms with Gasteiger partial charge in [-0.3, -0.25) is 4.79 Å². The van der Waals surface area contributed by atoms with E-state index in [1.807, 2.05) is 55.4 Å². The van der Waals surface area contributed by atoms with Crippen LogP contribution in [-0.4, -0.2) is 25.6 Å². The Morgan fingerprint density at radius 3 is 2.53 bits per heavy atom. The van der Waals surface area contributed by atoms with Crippen LogP contribution in [0.1, 0.15) is 16.1 Å². The van der Waals surface area contributed by atoms with E-state index < -0.39 is 0 Å². The Balaban J connectivity index is 1.85. The molecule has 0 unspecified atom stereocenters. The third-order valence-electron chi connectivity index (χ3n) is 2.76. The molecular formula is C15H17NO2S. The second kappa shape index (κ2) is 6.48. The molecule has 0 spiro atoms. The van der Waals surface area contributed by atoms with Crippen molar-refractivity contribution in [3.63, 3.8) is 0 Å². The van der Waals surface area contributed by atoms with E-state index in [0.717, 1.165) is 22.8 Å². The molecule has 3 nitrogen and oxygen atoms in total. The number of hydrogen-bond acceptors (Lipinski definition) is 4. The van der Waals surface area contributed by atoms with Crippen molar-refractivity contribution in [3.8, 4) is 0 Å². The molecule has 1 aromatic carbocycles. The van der Waals surface area contributed by atoms with Gasteiger partial charge in [-0.15, -0.1) is 11.8 Å². The van der Waals surface area contributed by atoms with Gasteiger partial charge in [-0.05, 0) is 36.4 Å². The first-order valence-electron chi connectivity index (χ1n) is 6.07. The lowest BCUT2D eigenvalue weighted by atomic mass is 10.1. The summed E-state index contributed by atoms with van der Waals surface area (Å²) in [6.07, 6.45) is 1.65. The maximum Gasteiger partial charge on any atom is 0.172 e. The predicted molar refractivity (Wildman–Crippen MR) is 80.0 cm³/mol. The fraction of sp³-hybridized carbons (Fsp3) is 0.267. The largest absolute Gasteiger partial charge is 0.468 e. The van der Waals surface area contributed by atoms with E-state index in [1.165, 1.54) is 0 Å². The van der Waals surface area contributed by atoms with Crippen molar-refractivity contribution >= 4 is 23.2 Å². The van der Waals surface area contributed by atoms with Crippen LogP contribution in [0.15, 0.2) is 47.1 Å². The lowest BCUT2D eigenvalue weighted by Gasteiger charge is -2.12. The summed E-state index contributed by atoms with van der Waals surface area (Å²) in [5.74, 6) is 2.26. The highest BCUT2D eigenvalue weighted by Crippen LogP contribution is 2.16. The molecule has 0 fully saturated rings. The second-order valence-corrected chi connectivity index (χ2v) is 5.42. The van der Waals surface area contributed by atoms with Crippen molar-refractivity contribution in [2.45, 2.75) is 5.75 Å². The molecule has 0 radical (unpaired) electrons. The van der Waals surface area contributed by atoms with E-state index in [-0.39, 0.29) is 5.78 Å². The van der Waals surface area contributed by atoms with Gasteiger partial charge in [0.2, 0.25) is 0 Å². The Kier molecular flexibility index (Phi) is 4.68. The molecule has 0 saturated carbocycles. The average Bonchev–Trinajstić information content (AvgIpc) is 2.92. The van der Waals surface area contributed by atoms with Crippen molar-refractivity contribution in [1.29, 1.82) is 0 Å². The van der Waals surface area contributed by atoms with Crippen molar-refractivity contribution in [2.24, 2.45) is 0 Å². The first-order valence-corrected chi connectivity index (χ1v) is 7.23. The van der Waals surface area contributed by atoms with Crippen LogP contribution in [0.5, 0.6) is 0 Å². The van der Waals surface area contributed by atoms with Crippen LogP contribution in [0.25, 0.3) is 0 Å². The topological polar surface area (TPSA) is 33.5 Å². The van der Waals surface area contributed by atoms with E-state index in [9.17, 15) is 4.79 Å². The molecule has 0 amide bonds. The highest BCUT2D eigenvalue weighted by atomic mass is 32.2. The van der Waals surface area contributed by atoms with Gasteiger partial charge >= 0.3 is 0 Å². The quantitative estimate of drug-likeness (QED) is 0.756. The van der Waals surface area contributed by atoms with E-state index in [0.29, 0.717) is 5.75 Å². The van der Waals surface area contributed by atoms with Crippen molar-refractivity contribution in [1.82, 2.24) is 0 Å². The van der Waals surface area contributed by atoms with Gasteiger partial charge in [0, 0.05) is 25.3 Å². The zero-order valence-electron chi connectivity index (χ0n) is 11.1. The number of furan rings is 1. The number of carbonyl (C=O) groups excluding carboxylic acids is 1.